The van der Waals surface area contributed by atoms with Crippen LogP contribution in [0.1, 0.15) is 66.7 Å². The zero-order valence-electron chi connectivity index (χ0n) is 13.3. The van der Waals surface area contributed by atoms with Crippen LogP contribution >= 0.6 is 0 Å². The fourth-order valence-electron chi connectivity index (χ4n) is 3.20. The minimum absolute atomic E-state index is 0.221. The molecule has 1 amide bonds. The van der Waals surface area contributed by atoms with E-state index in [1.807, 2.05) is 0 Å². The van der Waals surface area contributed by atoms with E-state index in [-0.39, 0.29) is 11.5 Å². The number of carbonyl (C=O) groups is 1. The number of hydrogen-bond donors (Lipinski definition) is 1. The van der Waals surface area contributed by atoms with E-state index in [2.05, 4.69) is 39.9 Å². The molecule has 0 radical (unpaired) electrons. The predicted molar refractivity (Wildman–Crippen MR) is 79.2 cm³/mol. The van der Waals surface area contributed by atoms with Gasteiger partial charge in [0.2, 0.25) is 0 Å². The summed E-state index contributed by atoms with van der Waals surface area (Å²) < 4.78 is 5.19. The second kappa shape index (κ2) is 6.62. The van der Waals surface area contributed by atoms with E-state index in [0.717, 1.165) is 13.0 Å². The Balaban J connectivity index is 2.29. The molecule has 0 saturated heterocycles. The van der Waals surface area contributed by atoms with Crippen LogP contribution in [0.5, 0.6) is 0 Å². The fraction of sp³-hybridized carbons (Fsp3) is 0.938. The molecule has 0 bridgehead atoms. The number of carbonyl (C=O) groups excluding carboxylic acids is 1. The molecule has 3 nitrogen and oxygen atoms in total. The van der Waals surface area contributed by atoms with Crippen LogP contribution in [0.2, 0.25) is 0 Å². The molecule has 112 valence electrons. The van der Waals surface area contributed by atoms with Gasteiger partial charge in [-0.15, -0.1) is 0 Å². The topological polar surface area (TPSA) is 38.3 Å². The molecule has 1 saturated carbocycles. The van der Waals surface area contributed by atoms with E-state index in [1.54, 1.807) is 0 Å². The van der Waals surface area contributed by atoms with Gasteiger partial charge in [-0.25, -0.2) is 4.79 Å². The minimum atomic E-state index is -0.259. The third kappa shape index (κ3) is 6.31. The van der Waals surface area contributed by atoms with Crippen LogP contribution in [0.3, 0.4) is 0 Å². The molecule has 1 unspecified atom stereocenters. The lowest BCUT2D eigenvalue weighted by molar-refractivity contribution is 0.0898. The Kier molecular flexibility index (Phi) is 5.69. The molecule has 1 aliphatic carbocycles. The van der Waals surface area contributed by atoms with Crippen LogP contribution in [0.15, 0.2) is 0 Å². The average molecular weight is 269 g/mol. The van der Waals surface area contributed by atoms with Gasteiger partial charge < -0.3 is 10.1 Å². The maximum atomic E-state index is 11.6. The maximum absolute atomic E-state index is 11.6. The van der Waals surface area contributed by atoms with Gasteiger partial charge in [-0.1, -0.05) is 41.0 Å². The van der Waals surface area contributed by atoms with Crippen molar-refractivity contribution < 1.29 is 9.53 Å². The lowest BCUT2D eigenvalue weighted by Gasteiger charge is -2.42. The van der Waals surface area contributed by atoms with Crippen molar-refractivity contribution >= 4 is 6.09 Å². The number of rotatable bonds is 5. The van der Waals surface area contributed by atoms with Crippen molar-refractivity contribution in [2.75, 3.05) is 13.2 Å². The quantitative estimate of drug-likeness (QED) is 0.805. The molecule has 0 aliphatic heterocycles. The van der Waals surface area contributed by atoms with Crippen LogP contribution in [0.25, 0.3) is 0 Å². The standard InChI is InChI=1S/C16H31NO2/c1-13(2)7-10-19-14(18)17-12-16(5)9-6-8-15(3,4)11-16/h13H,6-12H2,1-5H3,(H,17,18). The minimum Gasteiger partial charge on any atom is -0.450 e. The third-order valence-electron chi connectivity index (χ3n) is 4.13. The van der Waals surface area contributed by atoms with E-state index >= 15 is 0 Å². The van der Waals surface area contributed by atoms with Crippen molar-refractivity contribution in [3.63, 3.8) is 0 Å². The number of nitrogens with one attached hydrogen (secondary N) is 1. The molecule has 19 heavy (non-hydrogen) atoms. The molecule has 0 aromatic heterocycles. The van der Waals surface area contributed by atoms with Gasteiger partial charge in [-0.05, 0) is 42.4 Å². The van der Waals surface area contributed by atoms with Gasteiger partial charge in [0.1, 0.15) is 0 Å². The highest BCUT2D eigenvalue weighted by Gasteiger charge is 2.36. The fourth-order valence-corrected chi connectivity index (χ4v) is 3.20. The molecule has 0 heterocycles. The van der Waals surface area contributed by atoms with E-state index < -0.39 is 0 Å². The zero-order chi connectivity index (χ0) is 14.5. The van der Waals surface area contributed by atoms with Crippen LogP contribution in [0, 0.1) is 16.7 Å². The number of alkyl carbamates (subject to hydrolysis) is 1. The molecule has 0 aromatic rings. The zero-order valence-corrected chi connectivity index (χ0v) is 13.3. The maximum Gasteiger partial charge on any atom is 0.407 e. The molecule has 1 aliphatic rings. The summed E-state index contributed by atoms with van der Waals surface area (Å²) >= 11 is 0. The highest BCUT2D eigenvalue weighted by Crippen LogP contribution is 2.45. The Hall–Kier alpha value is -0.730. The summed E-state index contributed by atoms with van der Waals surface area (Å²) in [5.41, 5.74) is 0.620. The first-order valence-corrected chi connectivity index (χ1v) is 7.63. The van der Waals surface area contributed by atoms with Crippen LogP contribution in [-0.2, 0) is 4.74 Å². The Morgan fingerprint density at radius 1 is 1.26 bits per heavy atom. The highest BCUT2D eigenvalue weighted by molar-refractivity contribution is 5.67. The van der Waals surface area contributed by atoms with Gasteiger partial charge >= 0.3 is 6.09 Å². The number of hydrogen-bond acceptors (Lipinski definition) is 2. The van der Waals surface area contributed by atoms with Gasteiger partial charge in [0.05, 0.1) is 6.61 Å². The second-order valence-electron chi connectivity index (χ2n) is 7.68. The Morgan fingerprint density at radius 3 is 2.53 bits per heavy atom. The van der Waals surface area contributed by atoms with Crippen molar-refractivity contribution in [2.45, 2.75) is 66.7 Å². The normalized spacial score (nSPS) is 26.2. The van der Waals surface area contributed by atoms with E-state index in [0.29, 0.717) is 17.9 Å². The monoisotopic (exact) mass is 269 g/mol. The number of amides is 1. The largest absolute Gasteiger partial charge is 0.450 e. The molecular formula is C16H31NO2. The smallest absolute Gasteiger partial charge is 0.407 e. The van der Waals surface area contributed by atoms with Gasteiger partial charge in [-0.2, -0.15) is 0 Å². The van der Waals surface area contributed by atoms with Crippen molar-refractivity contribution in [3.05, 3.63) is 0 Å². The van der Waals surface area contributed by atoms with Gasteiger partial charge in [0.15, 0.2) is 0 Å². The number of ether oxygens (including phenoxy) is 1. The molecular weight excluding hydrogens is 238 g/mol. The van der Waals surface area contributed by atoms with E-state index in [9.17, 15) is 4.79 Å². The Labute approximate surface area is 118 Å². The Bertz CT molecular complexity index is 299. The third-order valence-corrected chi connectivity index (χ3v) is 4.13. The predicted octanol–water partition coefficient (Wildman–Crippen LogP) is 4.37. The summed E-state index contributed by atoms with van der Waals surface area (Å²) in [4.78, 5) is 11.6. The van der Waals surface area contributed by atoms with Crippen molar-refractivity contribution in [2.24, 2.45) is 16.7 Å². The highest BCUT2D eigenvalue weighted by atomic mass is 16.5. The van der Waals surface area contributed by atoms with Crippen molar-refractivity contribution in [1.29, 1.82) is 0 Å². The molecule has 1 rings (SSSR count). The van der Waals surface area contributed by atoms with E-state index in [1.165, 1.54) is 25.7 Å². The summed E-state index contributed by atoms with van der Waals surface area (Å²) in [6.45, 7) is 12.4. The van der Waals surface area contributed by atoms with Gasteiger partial charge in [-0.3, -0.25) is 0 Å². The first-order valence-electron chi connectivity index (χ1n) is 7.63. The first-order chi connectivity index (χ1) is 8.72. The lowest BCUT2D eigenvalue weighted by Crippen LogP contribution is -2.41. The Morgan fingerprint density at radius 2 is 1.95 bits per heavy atom. The molecule has 0 aromatic carbocycles. The van der Waals surface area contributed by atoms with Crippen LogP contribution < -0.4 is 5.32 Å². The summed E-state index contributed by atoms with van der Waals surface area (Å²) in [5.74, 6) is 0.574. The summed E-state index contributed by atoms with van der Waals surface area (Å²) in [6, 6.07) is 0. The summed E-state index contributed by atoms with van der Waals surface area (Å²) in [6.07, 6.45) is 5.59. The van der Waals surface area contributed by atoms with Gasteiger partial charge in [0.25, 0.3) is 0 Å². The summed E-state index contributed by atoms with van der Waals surface area (Å²) in [5, 5.41) is 2.94. The lowest BCUT2D eigenvalue weighted by atomic mass is 9.64. The van der Waals surface area contributed by atoms with Crippen LogP contribution in [-0.4, -0.2) is 19.2 Å². The van der Waals surface area contributed by atoms with Gasteiger partial charge in [0, 0.05) is 6.54 Å². The van der Waals surface area contributed by atoms with E-state index in [4.69, 9.17) is 4.74 Å². The molecule has 3 heteroatoms. The van der Waals surface area contributed by atoms with Crippen molar-refractivity contribution in [3.8, 4) is 0 Å². The average Bonchev–Trinajstić information content (AvgIpc) is 2.24. The molecule has 1 N–H and O–H groups in total. The molecule has 0 spiro atoms. The summed E-state index contributed by atoms with van der Waals surface area (Å²) in [7, 11) is 0. The van der Waals surface area contributed by atoms with Crippen molar-refractivity contribution in [1.82, 2.24) is 5.32 Å². The SMILES string of the molecule is CC(C)CCOC(=O)NCC1(C)CCCC(C)(C)C1. The second-order valence-corrected chi connectivity index (χ2v) is 7.68. The first kappa shape index (κ1) is 16.3. The molecule has 1 atom stereocenters. The van der Waals surface area contributed by atoms with Crippen LogP contribution in [0.4, 0.5) is 4.79 Å². The molecule has 1 fully saturated rings.